The van der Waals surface area contributed by atoms with Crippen LogP contribution in [0.2, 0.25) is 10.0 Å². The van der Waals surface area contributed by atoms with Gasteiger partial charge in [-0.1, -0.05) is 53.2 Å². The highest BCUT2D eigenvalue weighted by Crippen LogP contribution is 2.31. The maximum atomic E-state index is 12.0. The Balaban J connectivity index is 1.62. The van der Waals surface area contributed by atoms with Gasteiger partial charge in [-0.2, -0.15) is 0 Å². The van der Waals surface area contributed by atoms with Crippen molar-refractivity contribution in [2.24, 2.45) is 0 Å². The smallest absolute Gasteiger partial charge is 0.277 e. The third-order valence-corrected chi connectivity index (χ3v) is 5.39. The first-order chi connectivity index (χ1) is 12.0. The van der Waals surface area contributed by atoms with E-state index in [1.54, 1.807) is 18.2 Å². The molecule has 1 amide bonds. The summed E-state index contributed by atoms with van der Waals surface area (Å²) < 4.78 is 6.43. The summed E-state index contributed by atoms with van der Waals surface area (Å²) in [5.41, 5.74) is 1.25. The molecule has 0 atom stereocenters. The number of carbonyl (C=O) groups excluding carboxylic acids is 1. The molecule has 5 nitrogen and oxygen atoms in total. The van der Waals surface area contributed by atoms with Gasteiger partial charge in [0.05, 0.1) is 27.0 Å². The summed E-state index contributed by atoms with van der Waals surface area (Å²) in [7, 11) is 0. The quantitative estimate of drug-likeness (QED) is 0.508. The SMILES string of the molecule is O=C(CSc1nnc(-c2ccccc2Br)o1)Nc1cccc(Cl)c1Cl. The van der Waals surface area contributed by atoms with Gasteiger partial charge in [0.15, 0.2) is 0 Å². The number of nitrogens with zero attached hydrogens (tertiary/aromatic N) is 2. The maximum Gasteiger partial charge on any atom is 0.277 e. The maximum absolute atomic E-state index is 12.0. The molecule has 0 radical (unpaired) electrons. The molecular weight excluding hydrogens is 449 g/mol. The molecule has 25 heavy (non-hydrogen) atoms. The number of thioether (sulfide) groups is 1. The third-order valence-electron chi connectivity index (χ3n) is 3.06. The Bertz CT molecular complexity index is 920. The van der Waals surface area contributed by atoms with Crippen molar-refractivity contribution >= 4 is 62.5 Å². The predicted octanol–water partition coefficient (Wildman–Crippen LogP) is 5.54. The zero-order chi connectivity index (χ0) is 17.8. The number of benzene rings is 2. The lowest BCUT2D eigenvalue weighted by Gasteiger charge is -2.07. The van der Waals surface area contributed by atoms with Crippen LogP contribution >= 0.6 is 50.9 Å². The molecule has 128 valence electrons. The number of hydrogen-bond donors (Lipinski definition) is 1. The van der Waals surface area contributed by atoms with E-state index < -0.39 is 0 Å². The number of anilines is 1. The largest absolute Gasteiger partial charge is 0.411 e. The van der Waals surface area contributed by atoms with Gasteiger partial charge in [-0.25, -0.2) is 0 Å². The van der Waals surface area contributed by atoms with Gasteiger partial charge in [-0.3, -0.25) is 4.79 Å². The third kappa shape index (κ3) is 4.55. The van der Waals surface area contributed by atoms with Crippen LogP contribution in [0.4, 0.5) is 5.69 Å². The van der Waals surface area contributed by atoms with E-state index in [-0.39, 0.29) is 11.7 Å². The lowest BCUT2D eigenvalue weighted by Crippen LogP contribution is -2.14. The Morgan fingerprint density at radius 2 is 1.96 bits per heavy atom. The van der Waals surface area contributed by atoms with Crippen LogP contribution < -0.4 is 5.32 Å². The first kappa shape index (κ1) is 18.3. The highest BCUT2D eigenvalue weighted by Gasteiger charge is 2.14. The van der Waals surface area contributed by atoms with Gasteiger partial charge in [0, 0.05) is 4.47 Å². The molecule has 1 N–H and O–H groups in total. The molecule has 0 aliphatic rings. The molecular formula is C16H10BrCl2N3O2S. The van der Waals surface area contributed by atoms with E-state index in [2.05, 4.69) is 31.4 Å². The fourth-order valence-electron chi connectivity index (χ4n) is 1.93. The predicted molar refractivity (Wildman–Crippen MR) is 103 cm³/mol. The average Bonchev–Trinajstić information content (AvgIpc) is 3.06. The van der Waals surface area contributed by atoms with Crippen LogP contribution in [-0.4, -0.2) is 21.9 Å². The molecule has 0 unspecified atom stereocenters. The lowest BCUT2D eigenvalue weighted by molar-refractivity contribution is -0.113. The topological polar surface area (TPSA) is 68.0 Å². The first-order valence-corrected chi connectivity index (χ1v) is 9.53. The van der Waals surface area contributed by atoms with Crippen molar-refractivity contribution in [2.45, 2.75) is 5.22 Å². The van der Waals surface area contributed by atoms with Gasteiger partial charge >= 0.3 is 0 Å². The molecule has 1 aromatic heterocycles. The van der Waals surface area contributed by atoms with Gasteiger partial charge in [0.25, 0.3) is 5.22 Å². The van der Waals surface area contributed by atoms with Crippen molar-refractivity contribution in [3.63, 3.8) is 0 Å². The number of nitrogens with one attached hydrogen (secondary N) is 1. The van der Waals surface area contributed by atoms with E-state index in [4.69, 9.17) is 27.6 Å². The van der Waals surface area contributed by atoms with Gasteiger partial charge in [0.1, 0.15) is 0 Å². The number of halogens is 3. The van der Waals surface area contributed by atoms with Gasteiger partial charge in [0.2, 0.25) is 11.8 Å². The van der Waals surface area contributed by atoms with E-state index in [0.29, 0.717) is 26.8 Å². The molecule has 0 fully saturated rings. The molecule has 0 aliphatic carbocycles. The second-order valence-electron chi connectivity index (χ2n) is 4.79. The summed E-state index contributed by atoms with van der Waals surface area (Å²) in [5, 5.41) is 11.6. The minimum Gasteiger partial charge on any atom is -0.411 e. The van der Waals surface area contributed by atoms with Crippen molar-refractivity contribution in [3.8, 4) is 11.5 Å². The summed E-state index contributed by atoms with van der Waals surface area (Å²) in [5.74, 6) is 0.226. The van der Waals surface area contributed by atoms with E-state index in [1.165, 1.54) is 0 Å². The molecule has 0 saturated heterocycles. The average molecular weight is 459 g/mol. The number of aromatic nitrogens is 2. The molecule has 9 heteroatoms. The van der Waals surface area contributed by atoms with E-state index in [9.17, 15) is 4.79 Å². The van der Waals surface area contributed by atoms with Crippen LogP contribution in [0, 0.1) is 0 Å². The highest BCUT2D eigenvalue weighted by molar-refractivity contribution is 9.10. The number of rotatable bonds is 5. The van der Waals surface area contributed by atoms with Crippen molar-refractivity contribution in [1.29, 1.82) is 0 Å². The first-order valence-electron chi connectivity index (χ1n) is 6.99. The summed E-state index contributed by atoms with van der Waals surface area (Å²) in [4.78, 5) is 12.0. The van der Waals surface area contributed by atoms with E-state index in [1.807, 2.05) is 24.3 Å². The van der Waals surface area contributed by atoms with E-state index in [0.717, 1.165) is 21.8 Å². The number of carbonyl (C=O) groups is 1. The van der Waals surface area contributed by atoms with Crippen LogP contribution in [-0.2, 0) is 4.79 Å². The Morgan fingerprint density at radius 1 is 1.16 bits per heavy atom. The Labute approximate surface area is 166 Å². The van der Waals surface area contributed by atoms with Crippen LogP contribution in [0.25, 0.3) is 11.5 Å². The molecule has 2 aromatic carbocycles. The van der Waals surface area contributed by atoms with Crippen LogP contribution in [0.15, 0.2) is 56.6 Å². The van der Waals surface area contributed by atoms with Gasteiger partial charge in [-0.15, -0.1) is 10.2 Å². The van der Waals surface area contributed by atoms with Crippen molar-refractivity contribution < 1.29 is 9.21 Å². The summed E-state index contributed by atoms with van der Waals surface area (Å²) in [6, 6.07) is 12.5. The lowest BCUT2D eigenvalue weighted by atomic mass is 10.2. The Kier molecular flexibility index (Phi) is 6.01. The normalized spacial score (nSPS) is 10.7. The Morgan fingerprint density at radius 3 is 2.76 bits per heavy atom. The van der Waals surface area contributed by atoms with E-state index >= 15 is 0 Å². The molecule has 0 spiro atoms. The van der Waals surface area contributed by atoms with Crippen LogP contribution in [0.5, 0.6) is 0 Å². The van der Waals surface area contributed by atoms with Crippen LogP contribution in [0.3, 0.4) is 0 Å². The minimum atomic E-state index is -0.255. The molecule has 0 aliphatic heterocycles. The second-order valence-corrected chi connectivity index (χ2v) is 7.36. The summed E-state index contributed by atoms with van der Waals surface area (Å²) in [6.45, 7) is 0. The fraction of sp³-hybridized carbons (Fsp3) is 0.0625. The molecule has 0 bridgehead atoms. The number of amides is 1. The van der Waals surface area contributed by atoms with Crippen molar-refractivity contribution in [2.75, 3.05) is 11.1 Å². The standard InChI is InChI=1S/C16H10BrCl2N3O2S/c17-10-5-2-1-4-9(10)15-21-22-16(24-15)25-8-13(23)20-12-7-3-6-11(18)14(12)19/h1-7H,8H2,(H,20,23). The summed E-state index contributed by atoms with van der Waals surface area (Å²) >= 11 is 16.5. The van der Waals surface area contributed by atoms with Gasteiger partial charge < -0.3 is 9.73 Å². The molecule has 3 aromatic rings. The molecule has 0 saturated carbocycles. The molecule has 3 rings (SSSR count). The fourth-order valence-corrected chi connectivity index (χ4v) is 3.29. The summed E-state index contributed by atoms with van der Waals surface area (Å²) in [6.07, 6.45) is 0. The number of hydrogen-bond acceptors (Lipinski definition) is 5. The monoisotopic (exact) mass is 457 g/mol. The zero-order valence-electron chi connectivity index (χ0n) is 12.5. The van der Waals surface area contributed by atoms with Gasteiger partial charge in [-0.05, 0) is 40.2 Å². The second kappa shape index (κ2) is 8.23. The highest BCUT2D eigenvalue weighted by atomic mass is 79.9. The van der Waals surface area contributed by atoms with Crippen LogP contribution in [0.1, 0.15) is 0 Å². The van der Waals surface area contributed by atoms with Crippen molar-refractivity contribution in [1.82, 2.24) is 10.2 Å². The zero-order valence-corrected chi connectivity index (χ0v) is 16.4. The minimum absolute atomic E-state index is 0.0977. The van der Waals surface area contributed by atoms with Crippen molar-refractivity contribution in [3.05, 3.63) is 57.0 Å². The molecule has 1 heterocycles. The Hall–Kier alpha value is -1.54.